The molecule has 0 bridgehead atoms. The first-order valence-electron chi connectivity index (χ1n) is 3.21. The van der Waals surface area contributed by atoms with Gasteiger partial charge in [0.05, 0.1) is 11.9 Å². The SMILES string of the molecule is CC(S)C(=O)OCC(O)CO. The molecule has 4 nitrogen and oxygen atoms in total. The quantitative estimate of drug-likeness (QED) is 0.391. The van der Waals surface area contributed by atoms with Crippen molar-refractivity contribution in [2.24, 2.45) is 0 Å². The molecule has 0 rings (SSSR count). The van der Waals surface area contributed by atoms with E-state index < -0.39 is 23.9 Å². The Balaban J connectivity index is 3.46. The summed E-state index contributed by atoms with van der Waals surface area (Å²) in [4.78, 5) is 10.7. The van der Waals surface area contributed by atoms with E-state index in [-0.39, 0.29) is 6.61 Å². The lowest BCUT2D eigenvalue weighted by Gasteiger charge is -2.09. The fourth-order valence-electron chi connectivity index (χ4n) is 0.352. The second kappa shape index (κ2) is 5.40. The lowest BCUT2D eigenvalue weighted by atomic mass is 10.4. The Bertz CT molecular complexity index is 126. The van der Waals surface area contributed by atoms with Crippen LogP contribution >= 0.6 is 12.6 Å². The molecule has 0 spiro atoms. The zero-order valence-corrected chi connectivity index (χ0v) is 7.12. The summed E-state index contributed by atoms with van der Waals surface area (Å²) in [5.74, 6) is -0.499. The molecule has 0 fully saturated rings. The van der Waals surface area contributed by atoms with Gasteiger partial charge in [-0.15, -0.1) is 0 Å². The van der Waals surface area contributed by atoms with E-state index in [0.29, 0.717) is 0 Å². The number of thiol groups is 1. The largest absolute Gasteiger partial charge is 0.462 e. The molecule has 0 aromatic carbocycles. The number of hydrogen-bond donors (Lipinski definition) is 3. The normalized spacial score (nSPS) is 15.6. The molecule has 0 aliphatic rings. The van der Waals surface area contributed by atoms with Crippen LogP contribution < -0.4 is 0 Å². The van der Waals surface area contributed by atoms with Gasteiger partial charge in [-0.2, -0.15) is 12.6 Å². The lowest BCUT2D eigenvalue weighted by molar-refractivity contribution is -0.146. The molecular weight excluding hydrogens is 168 g/mol. The first-order chi connectivity index (χ1) is 5.07. The summed E-state index contributed by atoms with van der Waals surface area (Å²) >= 11 is 3.81. The van der Waals surface area contributed by atoms with Crippen LogP contribution in [0.2, 0.25) is 0 Å². The third-order valence-electron chi connectivity index (χ3n) is 0.970. The molecule has 0 aromatic rings. The van der Waals surface area contributed by atoms with Crippen molar-refractivity contribution >= 4 is 18.6 Å². The summed E-state index contributed by atoms with van der Waals surface area (Å²) in [6, 6.07) is 0. The monoisotopic (exact) mass is 180 g/mol. The summed E-state index contributed by atoms with van der Waals surface area (Å²) in [7, 11) is 0. The van der Waals surface area contributed by atoms with E-state index in [1.807, 2.05) is 0 Å². The maximum atomic E-state index is 10.7. The van der Waals surface area contributed by atoms with Crippen LogP contribution in [0.3, 0.4) is 0 Å². The highest BCUT2D eigenvalue weighted by Crippen LogP contribution is 1.96. The second-order valence-electron chi connectivity index (χ2n) is 2.14. The van der Waals surface area contributed by atoms with E-state index >= 15 is 0 Å². The number of rotatable bonds is 4. The maximum Gasteiger partial charge on any atom is 0.318 e. The summed E-state index contributed by atoms with van der Waals surface area (Å²) in [5, 5.41) is 16.6. The van der Waals surface area contributed by atoms with Crippen molar-refractivity contribution in [2.75, 3.05) is 13.2 Å². The molecule has 11 heavy (non-hydrogen) atoms. The smallest absolute Gasteiger partial charge is 0.318 e. The van der Waals surface area contributed by atoms with Crippen LogP contribution in [0.25, 0.3) is 0 Å². The van der Waals surface area contributed by atoms with Crippen molar-refractivity contribution in [3.05, 3.63) is 0 Å². The average molecular weight is 180 g/mol. The van der Waals surface area contributed by atoms with Gasteiger partial charge in [0.25, 0.3) is 0 Å². The molecule has 2 atom stereocenters. The maximum absolute atomic E-state index is 10.7. The van der Waals surface area contributed by atoms with Gasteiger partial charge in [0, 0.05) is 0 Å². The molecular formula is C6H12O4S. The van der Waals surface area contributed by atoms with E-state index in [4.69, 9.17) is 10.2 Å². The summed E-state index contributed by atoms with van der Waals surface area (Å²) in [5.41, 5.74) is 0. The third kappa shape index (κ3) is 5.06. The van der Waals surface area contributed by atoms with Gasteiger partial charge in [-0.05, 0) is 6.92 Å². The van der Waals surface area contributed by atoms with E-state index in [1.165, 1.54) is 0 Å². The summed E-state index contributed by atoms with van der Waals surface area (Å²) < 4.78 is 4.53. The van der Waals surface area contributed by atoms with Gasteiger partial charge in [-0.3, -0.25) is 4.79 Å². The molecule has 0 aliphatic heterocycles. The van der Waals surface area contributed by atoms with E-state index in [1.54, 1.807) is 6.92 Å². The van der Waals surface area contributed by atoms with Gasteiger partial charge in [-0.1, -0.05) is 0 Å². The zero-order chi connectivity index (χ0) is 8.85. The highest BCUT2D eigenvalue weighted by molar-refractivity contribution is 7.81. The molecule has 2 N–H and O–H groups in total. The Morgan fingerprint density at radius 1 is 1.73 bits per heavy atom. The van der Waals surface area contributed by atoms with Gasteiger partial charge in [-0.25, -0.2) is 0 Å². The van der Waals surface area contributed by atoms with E-state index in [0.717, 1.165) is 0 Å². The van der Waals surface area contributed by atoms with Gasteiger partial charge in [0.1, 0.15) is 12.7 Å². The van der Waals surface area contributed by atoms with Crippen LogP contribution in [-0.2, 0) is 9.53 Å². The Kier molecular flexibility index (Phi) is 5.27. The fourth-order valence-corrected chi connectivity index (χ4v) is 0.426. The van der Waals surface area contributed by atoms with Crippen LogP contribution in [0.4, 0.5) is 0 Å². The minimum Gasteiger partial charge on any atom is -0.462 e. The molecule has 0 amide bonds. The molecule has 0 aromatic heterocycles. The highest BCUT2D eigenvalue weighted by atomic mass is 32.1. The van der Waals surface area contributed by atoms with E-state index in [2.05, 4.69) is 17.4 Å². The highest BCUT2D eigenvalue weighted by Gasteiger charge is 2.11. The number of hydrogen-bond acceptors (Lipinski definition) is 5. The first kappa shape index (κ1) is 10.7. The first-order valence-corrected chi connectivity index (χ1v) is 3.73. The van der Waals surface area contributed by atoms with Gasteiger partial charge in [0.15, 0.2) is 0 Å². The van der Waals surface area contributed by atoms with Crippen LogP contribution in [0.5, 0.6) is 0 Å². The van der Waals surface area contributed by atoms with Crippen LogP contribution in [0.1, 0.15) is 6.92 Å². The summed E-state index contributed by atoms with van der Waals surface area (Å²) in [6.07, 6.45) is -0.994. The Morgan fingerprint density at radius 3 is 2.64 bits per heavy atom. The van der Waals surface area contributed by atoms with Crippen LogP contribution in [0, 0.1) is 0 Å². The standard InChI is InChI=1S/C6H12O4S/c1-4(11)6(9)10-3-5(8)2-7/h4-5,7-8,11H,2-3H2,1H3. The molecule has 0 saturated carbocycles. The van der Waals surface area contributed by atoms with Crippen molar-refractivity contribution in [3.8, 4) is 0 Å². The fraction of sp³-hybridized carbons (Fsp3) is 0.833. The van der Waals surface area contributed by atoms with Gasteiger partial charge < -0.3 is 14.9 Å². The molecule has 2 unspecified atom stereocenters. The number of carbonyl (C=O) groups is 1. The van der Waals surface area contributed by atoms with Crippen LogP contribution in [0.15, 0.2) is 0 Å². The Hall–Kier alpha value is -0.260. The minimum absolute atomic E-state index is 0.180. The molecule has 0 heterocycles. The number of aliphatic hydroxyl groups is 2. The molecule has 5 heteroatoms. The van der Waals surface area contributed by atoms with Crippen molar-refractivity contribution in [2.45, 2.75) is 18.3 Å². The summed E-state index contributed by atoms with van der Waals surface area (Å²) in [6.45, 7) is 0.977. The topological polar surface area (TPSA) is 66.8 Å². The number of ether oxygens (including phenoxy) is 1. The van der Waals surface area contributed by atoms with Gasteiger partial charge in [0.2, 0.25) is 0 Å². The second-order valence-corrected chi connectivity index (χ2v) is 2.92. The average Bonchev–Trinajstić information content (AvgIpc) is 1.99. The van der Waals surface area contributed by atoms with Crippen LogP contribution in [-0.4, -0.2) is 40.8 Å². The van der Waals surface area contributed by atoms with Crippen molar-refractivity contribution < 1.29 is 19.7 Å². The third-order valence-corrected chi connectivity index (χ3v) is 1.18. The number of esters is 1. The minimum atomic E-state index is -0.994. The molecule has 0 radical (unpaired) electrons. The molecule has 0 saturated heterocycles. The predicted octanol–water partition coefficient (Wildman–Crippen LogP) is -0.799. The zero-order valence-electron chi connectivity index (χ0n) is 6.23. The molecule has 0 aliphatic carbocycles. The Morgan fingerprint density at radius 2 is 2.27 bits per heavy atom. The van der Waals surface area contributed by atoms with E-state index in [9.17, 15) is 4.79 Å². The van der Waals surface area contributed by atoms with Gasteiger partial charge >= 0.3 is 5.97 Å². The number of aliphatic hydroxyl groups excluding tert-OH is 2. The van der Waals surface area contributed by atoms with Crippen molar-refractivity contribution in [1.29, 1.82) is 0 Å². The molecule has 66 valence electrons. The van der Waals surface area contributed by atoms with Crippen molar-refractivity contribution in [3.63, 3.8) is 0 Å². The number of carbonyl (C=O) groups excluding carboxylic acids is 1. The predicted molar refractivity (Wildman–Crippen MR) is 42.5 cm³/mol. The van der Waals surface area contributed by atoms with Crippen molar-refractivity contribution in [1.82, 2.24) is 0 Å². The Labute approximate surface area is 70.6 Å². The lowest BCUT2D eigenvalue weighted by Crippen LogP contribution is -2.24.